The van der Waals surface area contributed by atoms with Gasteiger partial charge in [-0.25, -0.2) is 0 Å². The van der Waals surface area contributed by atoms with Gasteiger partial charge in [-0.3, -0.25) is 4.79 Å². The standard InChI is InChI=1S/C24H26NO3/c1-24(17-10-6-4-8-15(17)16-9-5-7-11-18(16)24)23(26)27-14-12-19-21-22(28-21)20(13-14)25(19,2)3/h4-11,14,19-22H,12-13H2,1-3H3/q+1. The molecule has 3 saturated heterocycles. The molecule has 0 radical (unpaired) electrons. The van der Waals surface area contributed by atoms with Crippen LogP contribution in [0.15, 0.2) is 48.5 Å². The number of quaternary nitrogens is 1. The molecule has 1 aliphatic carbocycles. The topological polar surface area (TPSA) is 38.8 Å². The Kier molecular flexibility index (Phi) is 3.14. The number of piperidine rings is 1. The molecule has 0 N–H and O–H groups in total. The third kappa shape index (κ3) is 1.95. The van der Waals surface area contributed by atoms with Crippen LogP contribution in [0.4, 0.5) is 0 Å². The second-order valence-corrected chi connectivity index (χ2v) is 9.54. The van der Waals surface area contributed by atoms with Crippen LogP contribution in [0.3, 0.4) is 0 Å². The summed E-state index contributed by atoms with van der Waals surface area (Å²) < 4.78 is 13.1. The van der Waals surface area contributed by atoms with E-state index in [0.29, 0.717) is 24.3 Å². The van der Waals surface area contributed by atoms with Gasteiger partial charge in [-0.2, -0.15) is 0 Å². The number of morpholine rings is 1. The highest BCUT2D eigenvalue weighted by atomic mass is 16.6. The molecule has 0 saturated carbocycles. The first-order valence-electron chi connectivity index (χ1n) is 10.3. The lowest BCUT2D eigenvalue weighted by Crippen LogP contribution is -2.60. The van der Waals surface area contributed by atoms with E-state index in [1.165, 1.54) is 0 Å². The predicted octanol–water partition coefficient (Wildman–Crippen LogP) is 3.27. The molecule has 6 rings (SSSR count). The molecule has 0 aromatic heterocycles. The van der Waals surface area contributed by atoms with Gasteiger partial charge in [-0.05, 0) is 29.2 Å². The second-order valence-electron chi connectivity index (χ2n) is 9.54. The molecular formula is C24H26NO3+. The summed E-state index contributed by atoms with van der Waals surface area (Å²) in [5, 5.41) is 0. The number of carbonyl (C=O) groups is 1. The molecule has 0 spiro atoms. The van der Waals surface area contributed by atoms with Gasteiger partial charge >= 0.3 is 5.97 Å². The lowest BCUT2D eigenvalue weighted by molar-refractivity contribution is -0.938. The summed E-state index contributed by atoms with van der Waals surface area (Å²) >= 11 is 0. The quantitative estimate of drug-likeness (QED) is 0.459. The fraction of sp³-hybridized carbons (Fsp3) is 0.458. The average molecular weight is 376 g/mol. The van der Waals surface area contributed by atoms with Gasteiger partial charge in [0.2, 0.25) is 0 Å². The Morgan fingerprint density at radius 2 is 1.46 bits per heavy atom. The number of hydrogen-bond acceptors (Lipinski definition) is 3. The van der Waals surface area contributed by atoms with Crippen LogP contribution in [-0.2, 0) is 19.7 Å². The SMILES string of the molecule is CC1(C(=O)OC2CC3C4OC4C(C2)[N+]3(C)C)c2ccccc2-c2ccccc21. The molecule has 2 aromatic carbocycles. The van der Waals surface area contributed by atoms with Gasteiger partial charge in [-0.15, -0.1) is 0 Å². The van der Waals surface area contributed by atoms with Crippen LogP contribution < -0.4 is 0 Å². The summed E-state index contributed by atoms with van der Waals surface area (Å²) in [4.78, 5) is 13.6. The van der Waals surface area contributed by atoms with Crippen LogP contribution in [0.25, 0.3) is 11.1 Å². The summed E-state index contributed by atoms with van der Waals surface area (Å²) in [7, 11) is 4.60. The minimum absolute atomic E-state index is 0.0122. The van der Waals surface area contributed by atoms with Gasteiger partial charge in [0.25, 0.3) is 0 Å². The van der Waals surface area contributed by atoms with Crippen molar-refractivity contribution in [3.8, 4) is 11.1 Å². The van der Waals surface area contributed by atoms with Gasteiger partial charge in [0, 0.05) is 12.8 Å². The minimum Gasteiger partial charge on any atom is -0.461 e. The zero-order chi connectivity index (χ0) is 19.3. The normalized spacial score (nSPS) is 34.9. The largest absolute Gasteiger partial charge is 0.461 e. The Balaban J connectivity index is 1.33. The maximum Gasteiger partial charge on any atom is 0.321 e. The second kappa shape index (κ2) is 5.25. The van der Waals surface area contributed by atoms with Crippen LogP contribution in [0.5, 0.6) is 0 Å². The number of likely N-dealkylation sites (N-methyl/N-ethyl adjacent to an activating group) is 1. The molecule has 4 aliphatic rings. The molecule has 3 aliphatic heterocycles. The molecule has 4 atom stereocenters. The van der Waals surface area contributed by atoms with E-state index in [9.17, 15) is 4.79 Å². The molecule has 4 heteroatoms. The fourth-order valence-corrected chi connectivity index (χ4v) is 6.24. The summed E-state index contributed by atoms with van der Waals surface area (Å²) in [5.74, 6) is -0.115. The van der Waals surface area contributed by atoms with Gasteiger partial charge in [-0.1, -0.05) is 48.5 Å². The molecule has 28 heavy (non-hydrogen) atoms. The third-order valence-electron chi connectivity index (χ3n) is 7.94. The Morgan fingerprint density at radius 3 is 2.00 bits per heavy atom. The number of fused-ring (bicyclic) bond motifs is 8. The lowest BCUT2D eigenvalue weighted by atomic mass is 9.80. The molecular weight excluding hydrogens is 350 g/mol. The maximum atomic E-state index is 13.6. The number of epoxide rings is 1. The fourth-order valence-electron chi connectivity index (χ4n) is 6.24. The molecule has 3 fully saturated rings. The van der Waals surface area contributed by atoms with E-state index in [2.05, 4.69) is 38.4 Å². The van der Waals surface area contributed by atoms with E-state index in [0.717, 1.165) is 39.6 Å². The zero-order valence-electron chi connectivity index (χ0n) is 16.6. The molecule has 144 valence electrons. The monoisotopic (exact) mass is 376 g/mol. The van der Waals surface area contributed by atoms with Crippen molar-refractivity contribution in [1.82, 2.24) is 0 Å². The number of carbonyl (C=O) groups excluding carboxylic acids is 1. The van der Waals surface area contributed by atoms with Crippen molar-refractivity contribution in [2.45, 2.75) is 55.6 Å². The molecule has 0 amide bonds. The smallest absolute Gasteiger partial charge is 0.321 e. The maximum absolute atomic E-state index is 13.6. The number of nitrogens with zero attached hydrogens (tertiary/aromatic N) is 1. The van der Waals surface area contributed by atoms with Gasteiger partial charge in [0.15, 0.2) is 0 Å². The molecule has 3 heterocycles. The van der Waals surface area contributed by atoms with E-state index in [1.807, 2.05) is 31.2 Å². The van der Waals surface area contributed by atoms with Gasteiger partial charge < -0.3 is 14.0 Å². The van der Waals surface area contributed by atoms with E-state index < -0.39 is 5.41 Å². The van der Waals surface area contributed by atoms with Crippen molar-refractivity contribution in [2.24, 2.45) is 0 Å². The first-order chi connectivity index (χ1) is 13.4. The minimum atomic E-state index is -0.743. The Bertz CT molecular complexity index is 931. The first kappa shape index (κ1) is 16.8. The van der Waals surface area contributed by atoms with Crippen molar-refractivity contribution in [1.29, 1.82) is 0 Å². The van der Waals surface area contributed by atoms with Crippen molar-refractivity contribution < 1.29 is 18.8 Å². The highest BCUT2D eigenvalue weighted by Gasteiger charge is 2.71. The predicted molar refractivity (Wildman–Crippen MR) is 106 cm³/mol. The van der Waals surface area contributed by atoms with Gasteiger partial charge in [0.05, 0.1) is 14.1 Å². The summed E-state index contributed by atoms with van der Waals surface area (Å²) in [6.45, 7) is 2.03. The molecule has 2 bridgehead atoms. The number of hydrogen-bond donors (Lipinski definition) is 0. The Labute approximate surface area is 165 Å². The van der Waals surface area contributed by atoms with Crippen LogP contribution in [-0.4, -0.2) is 54.9 Å². The average Bonchev–Trinajstić information content (AvgIpc) is 3.40. The summed E-state index contributed by atoms with van der Waals surface area (Å²) in [6, 6.07) is 17.4. The van der Waals surface area contributed by atoms with Crippen molar-refractivity contribution >= 4 is 5.97 Å². The van der Waals surface area contributed by atoms with Crippen molar-refractivity contribution in [3.05, 3.63) is 59.7 Å². The van der Waals surface area contributed by atoms with Crippen molar-refractivity contribution in [2.75, 3.05) is 14.1 Å². The molecule has 4 unspecified atom stereocenters. The van der Waals surface area contributed by atoms with Crippen molar-refractivity contribution in [3.63, 3.8) is 0 Å². The Morgan fingerprint density at radius 1 is 0.964 bits per heavy atom. The number of benzene rings is 2. The highest BCUT2D eigenvalue weighted by molar-refractivity contribution is 5.97. The summed E-state index contributed by atoms with van der Waals surface area (Å²) in [5.41, 5.74) is 3.67. The van der Waals surface area contributed by atoms with Crippen LogP contribution >= 0.6 is 0 Å². The lowest BCUT2D eigenvalue weighted by Gasteiger charge is -2.45. The third-order valence-corrected chi connectivity index (χ3v) is 7.94. The van der Waals surface area contributed by atoms with Crippen LogP contribution in [0, 0.1) is 0 Å². The van der Waals surface area contributed by atoms with E-state index >= 15 is 0 Å². The van der Waals surface area contributed by atoms with E-state index in [-0.39, 0.29) is 12.1 Å². The number of rotatable bonds is 2. The molecule has 2 aromatic rings. The van der Waals surface area contributed by atoms with E-state index in [1.54, 1.807) is 0 Å². The Hall–Kier alpha value is -2.17. The number of esters is 1. The first-order valence-corrected chi connectivity index (χ1v) is 10.3. The van der Waals surface area contributed by atoms with E-state index in [4.69, 9.17) is 9.47 Å². The zero-order valence-corrected chi connectivity index (χ0v) is 16.6. The van der Waals surface area contributed by atoms with Crippen LogP contribution in [0.2, 0.25) is 0 Å². The molecule has 4 nitrogen and oxygen atoms in total. The van der Waals surface area contributed by atoms with Gasteiger partial charge in [0.1, 0.15) is 35.8 Å². The highest BCUT2D eigenvalue weighted by Crippen LogP contribution is 2.53. The van der Waals surface area contributed by atoms with Crippen LogP contribution in [0.1, 0.15) is 30.9 Å². The summed E-state index contributed by atoms with van der Waals surface area (Å²) in [6.07, 6.45) is 2.52. The number of ether oxygens (including phenoxy) is 2.